The second kappa shape index (κ2) is 5.23. The zero-order chi connectivity index (χ0) is 12.2. The summed E-state index contributed by atoms with van der Waals surface area (Å²) in [7, 11) is 1.06. The second-order valence-electron chi connectivity index (χ2n) is 3.60. The first kappa shape index (κ1) is 12.9. The molecule has 0 saturated carbocycles. The molecule has 0 amide bonds. The first-order valence-electron chi connectivity index (χ1n) is 5.07. The number of carbonyl (C=O) groups is 1. The van der Waals surface area contributed by atoms with E-state index in [9.17, 15) is 18.0 Å². The Morgan fingerprint density at radius 2 is 1.81 bits per heavy atom. The largest absolute Gasteiger partial charge is 0.466 e. The molecule has 0 aromatic carbocycles. The van der Waals surface area contributed by atoms with Crippen molar-refractivity contribution in [3.8, 4) is 0 Å². The Balaban J connectivity index is 2.86. The molecule has 0 aromatic rings. The van der Waals surface area contributed by atoms with E-state index in [1.54, 1.807) is 0 Å². The molecule has 0 radical (unpaired) electrons. The molecule has 0 spiro atoms. The minimum absolute atomic E-state index is 0.336. The van der Waals surface area contributed by atoms with E-state index in [2.05, 4.69) is 4.74 Å². The van der Waals surface area contributed by atoms with E-state index in [1.807, 2.05) is 0 Å². The number of hydrogen-bond donors (Lipinski definition) is 0. The number of allylic oxidation sites excluding steroid dienone is 1. The van der Waals surface area contributed by atoms with Crippen LogP contribution in [0.3, 0.4) is 0 Å². The van der Waals surface area contributed by atoms with Gasteiger partial charge < -0.3 is 9.64 Å². The van der Waals surface area contributed by atoms with Crippen molar-refractivity contribution in [2.75, 3.05) is 20.2 Å². The van der Waals surface area contributed by atoms with Crippen molar-refractivity contribution in [1.82, 2.24) is 4.90 Å². The van der Waals surface area contributed by atoms with Gasteiger partial charge in [0.25, 0.3) is 0 Å². The summed E-state index contributed by atoms with van der Waals surface area (Å²) in [6.45, 7) is 0.671. The molecule has 3 nitrogen and oxygen atoms in total. The molecule has 1 aliphatic rings. The van der Waals surface area contributed by atoms with Crippen molar-refractivity contribution >= 4 is 5.97 Å². The molecule has 92 valence electrons. The van der Waals surface area contributed by atoms with Crippen molar-refractivity contribution in [2.24, 2.45) is 0 Å². The predicted molar refractivity (Wildman–Crippen MR) is 51.6 cm³/mol. The molecule has 1 aliphatic heterocycles. The van der Waals surface area contributed by atoms with Crippen molar-refractivity contribution in [3.05, 3.63) is 11.8 Å². The summed E-state index contributed by atoms with van der Waals surface area (Å²) in [5, 5.41) is 0. The number of methoxy groups -OCH3 is 1. The number of hydrogen-bond acceptors (Lipinski definition) is 3. The number of likely N-dealkylation sites (tertiary alicyclic amines) is 1. The lowest BCUT2D eigenvalue weighted by Gasteiger charge is -2.31. The fraction of sp³-hybridized carbons (Fsp3) is 0.700. The van der Waals surface area contributed by atoms with Crippen LogP contribution >= 0.6 is 0 Å². The topological polar surface area (TPSA) is 29.5 Å². The van der Waals surface area contributed by atoms with Gasteiger partial charge in [-0.05, 0) is 19.3 Å². The number of carbonyl (C=O) groups excluding carboxylic acids is 1. The van der Waals surface area contributed by atoms with E-state index in [4.69, 9.17) is 0 Å². The van der Waals surface area contributed by atoms with Gasteiger partial charge in [0.05, 0.1) is 13.2 Å². The quantitative estimate of drug-likeness (QED) is 0.544. The van der Waals surface area contributed by atoms with Crippen LogP contribution < -0.4 is 0 Å². The number of piperidine rings is 1. The Bertz CT molecular complexity index is 280. The highest BCUT2D eigenvalue weighted by molar-refractivity contribution is 5.82. The van der Waals surface area contributed by atoms with Crippen LogP contribution in [0.4, 0.5) is 13.2 Å². The molecule has 1 rings (SSSR count). The SMILES string of the molecule is COC(=O)/C=C(/N1CCCCC1)C(F)(F)F. The van der Waals surface area contributed by atoms with Crippen molar-refractivity contribution in [3.63, 3.8) is 0 Å². The number of ether oxygens (including phenoxy) is 1. The van der Waals surface area contributed by atoms with E-state index in [1.165, 1.54) is 4.90 Å². The summed E-state index contributed by atoms with van der Waals surface area (Å²) in [6.07, 6.45) is -1.63. The first-order valence-corrected chi connectivity index (χ1v) is 5.07. The Morgan fingerprint density at radius 1 is 1.25 bits per heavy atom. The molecule has 0 unspecified atom stereocenters. The number of nitrogens with zero attached hydrogens (tertiary/aromatic N) is 1. The van der Waals surface area contributed by atoms with Crippen LogP contribution in [0.5, 0.6) is 0 Å². The second-order valence-corrected chi connectivity index (χ2v) is 3.60. The van der Waals surface area contributed by atoms with Crippen LogP contribution in [0.15, 0.2) is 11.8 Å². The lowest BCUT2D eigenvalue weighted by atomic mass is 10.1. The molecule has 6 heteroatoms. The molecule has 0 bridgehead atoms. The van der Waals surface area contributed by atoms with Crippen LogP contribution in [-0.4, -0.2) is 37.2 Å². The zero-order valence-corrected chi connectivity index (χ0v) is 9.01. The Labute approximate surface area is 91.9 Å². The fourth-order valence-electron chi connectivity index (χ4n) is 1.66. The summed E-state index contributed by atoms with van der Waals surface area (Å²) >= 11 is 0. The highest BCUT2D eigenvalue weighted by Crippen LogP contribution is 2.30. The zero-order valence-electron chi connectivity index (χ0n) is 9.01. The normalized spacial score (nSPS) is 18.5. The average Bonchev–Trinajstić information content (AvgIpc) is 2.25. The molecule has 0 N–H and O–H groups in total. The molecular weight excluding hydrogens is 223 g/mol. The molecule has 0 aliphatic carbocycles. The van der Waals surface area contributed by atoms with Gasteiger partial charge in [0.2, 0.25) is 0 Å². The van der Waals surface area contributed by atoms with Crippen LogP contribution in [0, 0.1) is 0 Å². The molecule has 1 heterocycles. The highest BCUT2D eigenvalue weighted by atomic mass is 19.4. The Hall–Kier alpha value is -1.20. The first-order chi connectivity index (χ1) is 7.45. The van der Waals surface area contributed by atoms with Crippen LogP contribution in [0.25, 0.3) is 0 Å². The maximum Gasteiger partial charge on any atom is 0.431 e. The van der Waals surface area contributed by atoms with E-state index >= 15 is 0 Å². The van der Waals surface area contributed by atoms with Gasteiger partial charge in [-0.25, -0.2) is 4.79 Å². The summed E-state index contributed by atoms with van der Waals surface area (Å²) in [4.78, 5) is 12.1. The predicted octanol–water partition coefficient (Wildman–Crippen LogP) is 2.09. The van der Waals surface area contributed by atoms with Gasteiger partial charge in [-0.15, -0.1) is 0 Å². The molecule has 1 saturated heterocycles. The van der Waals surface area contributed by atoms with Crippen LogP contribution in [0.2, 0.25) is 0 Å². The molecule has 0 atom stereocenters. The summed E-state index contributed by atoms with van der Waals surface area (Å²) in [5.74, 6) is -0.974. The lowest BCUT2D eigenvalue weighted by Crippen LogP contribution is -2.36. The minimum Gasteiger partial charge on any atom is -0.466 e. The third kappa shape index (κ3) is 3.43. The van der Waals surface area contributed by atoms with E-state index in [0.29, 0.717) is 32.0 Å². The smallest absolute Gasteiger partial charge is 0.431 e. The van der Waals surface area contributed by atoms with Gasteiger partial charge in [0.15, 0.2) is 0 Å². The summed E-state index contributed by atoms with van der Waals surface area (Å²) < 4.78 is 42.3. The van der Waals surface area contributed by atoms with E-state index in [0.717, 1.165) is 13.5 Å². The van der Waals surface area contributed by atoms with E-state index < -0.39 is 17.8 Å². The summed E-state index contributed by atoms with van der Waals surface area (Å²) in [6, 6.07) is 0. The van der Waals surface area contributed by atoms with Crippen molar-refractivity contribution in [2.45, 2.75) is 25.4 Å². The van der Waals surface area contributed by atoms with Crippen molar-refractivity contribution < 1.29 is 22.7 Å². The van der Waals surface area contributed by atoms with Gasteiger partial charge in [0, 0.05) is 13.1 Å². The number of halogens is 3. The van der Waals surface area contributed by atoms with Crippen molar-refractivity contribution in [1.29, 1.82) is 0 Å². The van der Waals surface area contributed by atoms with Crippen LogP contribution in [0.1, 0.15) is 19.3 Å². The monoisotopic (exact) mass is 237 g/mol. The Morgan fingerprint density at radius 3 is 2.25 bits per heavy atom. The maximum atomic E-state index is 12.7. The van der Waals surface area contributed by atoms with Gasteiger partial charge in [-0.1, -0.05) is 0 Å². The standard InChI is InChI=1S/C10H14F3NO2/c1-16-9(15)7-8(10(11,12)13)14-5-3-2-4-6-14/h7H,2-6H2,1H3/b8-7+. The molecule has 1 fully saturated rings. The maximum absolute atomic E-state index is 12.7. The highest BCUT2D eigenvalue weighted by Gasteiger charge is 2.38. The number of esters is 1. The summed E-state index contributed by atoms with van der Waals surface area (Å²) in [5.41, 5.74) is -0.904. The molecule has 16 heavy (non-hydrogen) atoms. The van der Waals surface area contributed by atoms with Crippen LogP contribution in [-0.2, 0) is 9.53 Å². The number of alkyl halides is 3. The van der Waals surface area contributed by atoms with Gasteiger partial charge in [-0.3, -0.25) is 0 Å². The minimum atomic E-state index is -4.51. The van der Waals surface area contributed by atoms with Gasteiger partial charge in [0.1, 0.15) is 5.70 Å². The van der Waals surface area contributed by atoms with E-state index in [-0.39, 0.29) is 0 Å². The molecule has 0 aromatic heterocycles. The van der Waals surface area contributed by atoms with Gasteiger partial charge >= 0.3 is 12.1 Å². The molecular formula is C10H14F3NO2. The third-order valence-corrected chi connectivity index (χ3v) is 2.44. The fourth-order valence-corrected chi connectivity index (χ4v) is 1.66. The van der Waals surface area contributed by atoms with Gasteiger partial charge in [-0.2, -0.15) is 13.2 Å². The Kier molecular flexibility index (Phi) is 4.20. The third-order valence-electron chi connectivity index (χ3n) is 2.44. The number of rotatable bonds is 2. The lowest BCUT2D eigenvalue weighted by molar-refractivity contribution is -0.137. The average molecular weight is 237 g/mol.